The molecule has 0 saturated carbocycles. The van der Waals surface area contributed by atoms with Gasteiger partial charge in [0.2, 0.25) is 0 Å². The van der Waals surface area contributed by atoms with Gasteiger partial charge in [-0.3, -0.25) is 0 Å². The first-order valence-corrected chi connectivity index (χ1v) is 6.58. The monoisotopic (exact) mass is 158 g/mol. The lowest BCUT2D eigenvalue weighted by Crippen LogP contribution is -1.94. The van der Waals surface area contributed by atoms with Gasteiger partial charge in [-0.15, -0.1) is 6.89 Å². The third kappa shape index (κ3) is 1.66. The average Bonchev–Trinajstić information content (AvgIpc) is 2.46. The van der Waals surface area contributed by atoms with E-state index in [9.17, 15) is 0 Å². The van der Waals surface area contributed by atoms with E-state index < -0.39 is 6.89 Å². The lowest BCUT2D eigenvalue weighted by Gasteiger charge is -2.10. The minimum atomic E-state index is -0.404. The summed E-state index contributed by atoms with van der Waals surface area (Å²) in [4.78, 5) is 0. The van der Waals surface area contributed by atoms with E-state index in [4.69, 9.17) is 0 Å². The molecule has 1 aliphatic heterocycles. The minimum Gasteiger partial charge on any atom is -0.105 e. The molecule has 1 aliphatic rings. The van der Waals surface area contributed by atoms with E-state index in [1.165, 1.54) is 6.16 Å². The highest BCUT2D eigenvalue weighted by Crippen LogP contribution is 2.63. The summed E-state index contributed by atoms with van der Waals surface area (Å²) < 4.78 is 0. The summed E-state index contributed by atoms with van der Waals surface area (Å²) in [6.45, 7) is 8.97. The Balaban J connectivity index is 2.63. The quantitative estimate of drug-likeness (QED) is 0.542. The van der Waals surface area contributed by atoms with Gasteiger partial charge in [0.1, 0.15) is 0 Å². The van der Waals surface area contributed by atoms with E-state index in [1.807, 2.05) is 0 Å². The molecule has 0 aromatic heterocycles. The van der Waals surface area contributed by atoms with Gasteiger partial charge in [-0.1, -0.05) is 19.1 Å². The van der Waals surface area contributed by atoms with Gasteiger partial charge in [0, 0.05) is 0 Å². The van der Waals surface area contributed by atoms with Gasteiger partial charge in [-0.25, -0.2) is 0 Å². The lowest BCUT2D eigenvalue weighted by molar-refractivity contribution is 0.747. The fraction of sp³-hybridized carbons (Fsp3) is 0.889. The summed E-state index contributed by atoms with van der Waals surface area (Å²) in [5.41, 5.74) is 0. The van der Waals surface area contributed by atoms with Crippen molar-refractivity contribution in [2.75, 3.05) is 18.5 Å². The molecule has 0 unspecified atom stereocenters. The van der Waals surface area contributed by atoms with Crippen molar-refractivity contribution in [1.29, 1.82) is 0 Å². The Kier molecular flexibility index (Phi) is 2.30. The maximum Gasteiger partial charge on any atom is -0.0288 e. The van der Waals surface area contributed by atoms with Crippen molar-refractivity contribution in [3.8, 4) is 0 Å². The fourth-order valence-corrected chi connectivity index (χ4v) is 5.62. The van der Waals surface area contributed by atoms with Crippen molar-refractivity contribution in [2.45, 2.75) is 27.7 Å². The van der Waals surface area contributed by atoms with Crippen LogP contribution in [0.5, 0.6) is 0 Å². The highest BCUT2D eigenvalue weighted by atomic mass is 31.2. The molecule has 0 bridgehead atoms. The van der Waals surface area contributed by atoms with Crippen LogP contribution < -0.4 is 0 Å². The van der Waals surface area contributed by atoms with E-state index >= 15 is 0 Å². The van der Waals surface area contributed by atoms with Crippen LogP contribution in [0.2, 0.25) is 0 Å². The van der Waals surface area contributed by atoms with Gasteiger partial charge in [0.15, 0.2) is 0 Å². The Morgan fingerprint density at radius 2 is 1.80 bits per heavy atom. The second kappa shape index (κ2) is 2.74. The molecule has 0 atom stereocenters. The first-order chi connectivity index (χ1) is 4.57. The van der Waals surface area contributed by atoms with Crippen LogP contribution in [0.15, 0.2) is 0 Å². The van der Waals surface area contributed by atoms with E-state index in [1.54, 1.807) is 17.6 Å². The summed E-state index contributed by atoms with van der Waals surface area (Å²) in [5, 5.41) is 1.76. The molecule has 1 fully saturated rings. The summed E-state index contributed by atoms with van der Waals surface area (Å²) in [7, 11) is 0. The molecule has 1 saturated heterocycles. The summed E-state index contributed by atoms with van der Waals surface area (Å²) in [6.07, 6.45) is 4.65. The molecule has 0 amide bonds. The summed E-state index contributed by atoms with van der Waals surface area (Å²) in [6, 6.07) is 0. The zero-order chi connectivity index (χ0) is 7.78. The normalized spacial score (nSPS) is 21.3. The van der Waals surface area contributed by atoms with Crippen LogP contribution in [0, 0.1) is 5.92 Å². The topological polar surface area (TPSA) is 0 Å². The van der Waals surface area contributed by atoms with Gasteiger partial charge >= 0.3 is 0 Å². The van der Waals surface area contributed by atoms with E-state index in [0.717, 1.165) is 5.92 Å². The molecule has 0 aliphatic carbocycles. The minimum absolute atomic E-state index is 0.404. The highest BCUT2D eigenvalue weighted by molar-refractivity contribution is 7.82. The fourth-order valence-electron chi connectivity index (χ4n) is 1.63. The second-order valence-corrected chi connectivity index (χ2v) is 8.56. The number of rotatable bonds is 2. The highest BCUT2D eigenvalue weighted by Gasteiger charge is 2.31. The maximum atomic E-state index is 2.35. The Bertz CT molecular complexity index is 165. The molecule has 1 rings (SSSR count). The van der Waals surface area contributed by atoms with Gasteiger partial charge in [-0.2, -0.15) is 0 Å². The van der Waals surface area contributed by atoms with Gasteiger partial charge in [-0.05, 0) is 38.3 Å². The Labute approximate surface area is 65.0 Å². The average molecular weight is 158 g/mol. The molecule has 0 radical (unpaired) electrons. The van der Waals surface area contributed by atoms with Crippen molar-refractivity contribution in [3.05, 3.63) is 0 Å². The van der Waals surface area contributed by atoms with Gasteiger partial charge < -0.3 is 0 Å². The Morgan fingerprint density at radius 1 is 1.30 bits per heavy atom. The molecule has 10 heavy (non-hydrogen) atoms. The van der Waals surface area contributed by atoms with Crippen LogP contribution in [0.25, 0.3) is 0 Å². The predicted octanol–water partition coefficient (Wildman–Crippen LogP) is 2.89. The van der Waals surface area contributed by atoms with E-state index in [2.05, 4.69) is 27.7 Å². The van der Waals surface area contributed by atoms with Crippen molar-refractivity contribution in [2.24, 2.45) is 5.92 Å². The van der Waals surface area contributed by atoms with Crippen LogP contribution in [0.1, 0.15) is 27.7 Å². The van der Waals surface area contributed by atoms with Crippen LogP contribution in [0.3, 0.4) is 0 Å². The zero-order valence-electron chi connectivity index (χ0n) is 7.65. The van der Waals surface area contributed by atoms with Crippen molar-refractivity contribution in [1.82, 2.24) is 0 Å². The Morgan fingerprint density at radius 3 is 1.90 bits per heavy atom. The first kappa shape index (κ1) is 8.40. The Hall–Kier alpha value is 0.300. The SMILES string of the molecule is CC(C)=P1(CC(C)C)CC1. The first-order valence-electron chi connectivity index (χ1n) is 4.24. The largest absolute Gasteiger partial charge is 0.105 e. The van der Waals surface area contributed by atoms with Gasteiger partial charge in [0.05, 0.1) is 0 Å². The zero-order valence-corrected chi connectivity index (χ0v) is 8.54. The van der Waals surface area contributed by atoms with Crippen LogP contribution in [-0.4, -0.2) is 23.8 Å². The number of hydrogen-bond donors (Lipinski definition) is 0. The molecule has 0 spiro atoms. The van der Waals surface area contributed by atoms with Crippen molar-refractivity contribution < 1.29 is 0 Å². The summed E-state index contributed by atoms with van der Waals surface area (Å²) >= 11 is 0. The number of hydrogen-bond acceptors (Lipinski definition) is 0. The molecule has 1 heteroatoms. The lowest BCUT2D eigenvalue weighted by atomic mass is 10.3. The van der Waals surface area contributed by atoms with Crippen LogP contribution >= 0.6 is 6.89 Å². The predicted molar refractivity (Wildman–Crippen MR) is 52.7 cm³/mol. The maximum absolute atomic E-state index is 2.35. The molecule has 0 nitrogen and oxygen atoms in total. The van der Waals surface area contributed by atoms with E-state index in [0.29, 0.717) is 0 Å². The summed E-state index contributed by atoms with van der Waals surface area (Å²) in [5.74, 6) is 0.922. The van der Waals surface area contributed by atoms with E-state index in [-0.39, 0.29) is 0 Å². The van der Waals surface area contributed by atoms with Crippen LogP contribution in [-0.2, 0) is 0 Å². The smallest absolute Gasteiger partial charge is 0.0288 e. The molecule has 0 aromatic rings. The molecular weight excluding hydrogens is 139 g/mol. The van der Waals surface area contributed by atoms with Crippen molar-refractivity contribution in [3.63, 3.8) is 0 Å². The van der Waals surface area contributed by atoms with Crippen LogP contribution in [0.4, 0.5) is 0 Å². The molecule has 0 N–H and O–H groups in total. The molecular formula is C9H19P. The standard InChI is InChI=1S/C9H19P/c1-8(2)7-10(5-6-10)9(3)4/h8H,5-7H2,1-4H3. The van der Waals surface area contributed by atoms with Gasteiger partial charge in [0.25, 0.3) is 0 Å². The second-order valence-electron chi connectivity index (χ2n) is 4.12. The third-order valence-corrected chi connectivity index (χ3v) is 7.28. The third-order valence-electron chi connectivity index (χ3n) is 2.43. The molecule has 1 heterocycles. The molecule has 0 aromatic carbocycles. The molecule has 60 valence electrons. The van der Waals surface area contributed by atoms with Crippen molar-refractivity contribution >= 4 is 12.2 Å².